The number of amides is 1. The molecule has 0 unspecified atom stereocenters. The molecule has 0 spiro atoms. The molecule has 134 valence electrons. The van der Waals surface area contributed by atoms with E-state index in [1.807, 2.05) is 24.3 Å². The molecule has 26 heavy (non-hydrogen) atoms. The Morgan fingerprint density at radius 2 is 1.96 bits per heavy atom. The fourth-order valence-corrected chi connectivity index (χ4v) is 3.22. The number of aromatic nitrogens is 1. The molecular weight excluding hydrogens is 357 g/mol. The molecule has 3 rings (SSSR count). The minimum Gasteiger partial charge on any atom is -0.337 e. The molecular formula is C18H16FN3O3S. The summed E-state index contributed by atoms with van der Waals surface area (Å²) in [5.74, 6) is -1.46. The van der Waals surface area contributed by atoms with Crippen LogP contribution in [0.4, 0.5) is 4.39 Å². The van der Waals surface area contributed by atoms with E-state index in [0.29, 0.717) is 0 Å². The highest BCUT2D eigenvalue weighted by Gasteiger charge is 2.20. The van der Waals surface area contributed by atoms with E-state index >= 15 is 0 Å². The Kier molecular flexibility index (Phi) is 4.71. The van der Waals surface area contributed by atoms with Crippen LogP contribution in [0.25, 0.3) is 10.9 Å². The first-order valence-corrected chi connectivity index (χ1v) is 9.22. The van der Waals surface area contributed by atoms with Crippen molar-refractivity contribution in [3.63, 3.8) is 0 Å². The first-order valence-electron chi connectivity index (χ1n) is 7.68. The standard InChI is InChI=1S/C18H16FN3O3S/c1-22(11-12-4-2-6-17-14(12)5-3-9-21-17)18(23)15-10-13(26(20,24)25)7-8-16(15)19/h2-10H,11H2,1H3,(H2,20,24,25). The van der Waals surface area contributed by atoms with Crippen LogP contribution in [0.2, 0.25) is 0 Å². The Labute approximate surface area is 150 Å². The molecule has 2 aromatic carbocycles. The average Bonchev–Trinajstić information content (AvgIpc) is 2.61. The Morgan fingerprint density at radius 1 is 1.19 bits per heavy atom. The summed E-state index contributed by atoms with van der Waals surface area (Å²) in [5.41, 5.74) is 1.28. The number of benzene rings is 2. The van der Waals surface area contributed by atoms with Crippen molar-refractivity contribution < 1.29 is 17.6 Å². The fourth-order valence-electron chi connectivity index (χ4n) is 2.68. The molecule has 0 aliphatic rings. The zero-order valence-corrected chi connectivity index (χ0v) is 14.7. The van der Waals surface area contributed by atoms with Crippen LogP contribution < -0.4 is 5.14 Å². The van der Waals surface area contributed by atoms with E-state index in [-0.39, 0.29) is 17.0 Å². The summed E-state index contributed by atoms with van der Waals surface area (Å²) in [6, 6.07) is 12.1. The average molecular weight is 373 g/mol. The molecule has 8 heteroatoms. The van der Waals surface area contributed by atoms with Gasteiger partial charge in [0, 0.05) is 25.2 Å². The van der Waals surface area contributed by atoms with Gasteiger partial charge in [-0.05, 0) is 35.9 Å². The summed E-state index contributed by atoms with van der Waals surface area (Å²) >= 11 is 0. The topological polar surface area (TPSA) is 93.4 Å². The molecule has 1 heterocycles. The fraction of sp³-hybridized carbons (Fsp3) is 0.111. The number of primary sulfonamides is 1. The molecule has 0 radical (unpaired) electrons. The van der Waals surface area contributed by atoms with Crippen molar-refractivity contribution >= 4 is 26.8 Å². The number of sulfonamides is 1. The van der Waals surface area contributed by atoms with Gasteiger partial charge >= 0.3 is 0 Å². The molecule has 0 bridgehead atoms. The van der Waals surface area contributed by atoms with Crippen molar-refractivity contribution in [2.75, 3.05) is 7.05 Å². The molecule has 0 atom stereocenters. The van der Waals surface area contributed by atoms with Gasteiger partial charge in [0.25, 0.3) is 5.91 Å². The first kappa shape index (κ1) is 18.0. The van der Waals surface area contributed by atoms with E-state index in [2.05, 4.69) is 4.98 Å². The number of pyridine rings is 1. The molecule has 0 aliphatic carbocycles. The maximum Gasteiger partial charge on any atom is 0.256 e. The van der Waals surface area contributed by atoms with Gasteiger partial charge in [0.1, 0.15) is 5.82 Å². The van der Waals surface area contributed by atoms with Crippen LogP contribution in [0.15, 0.2) is 59.6 Å². The third-order valence-electron chi connectivity index (χ3n) is 3.99. The van der Waals surface area contributed by atoms with Gasteiger partial charge in [-0.15, -0.1) is 0 Å². The van der Waals surface area contributed by atoms with Gasteiger partial charge in [-0.25, -0.2) is 17.9 Å². The number of nitrogens with zero attached hydrogens (tertiary/aromatic N) is 2. The quantitative estimate of drug-likeness (QED) is 0.759. The van der Waals surface area contributed by atoms with Crippen molar-refractivity contribution in [3.8, 4) is 0 Å². The second kappa shape index (κ2) is 6.81. The van der Waals surface area contributed by atoms with Crippen LogP contribution in [0.1, 0.15) is 15.9 Å². The van der Waals surface area contributed by atoms with Gasteiger partial charge in [0.15, 0.2) is 0 Å². The van der Waals surface area contributed by atoms with E-state index in [4.69, 9.17) is 5.14 Å². The molecule has 3 aromatic rings. The summed E-state index contributed by atoms with van der Waals surface area (Å²) < 4.78 is 37.0. The van der Waals surface area contributed by atoms with Gasteiger partial charge < -0.3 is 4.90 Å². The summed E-state index contributed by atoms with van der Waals surface area (Å²) in [4.78, 5) is 17.9. The zero-order chi connectivity index (χ0) is 18.9. The highest BCUT2D eigenvalue weighted by molar-refractivity contribution is 7.89. The van der Waals surface area contributed by atoms with Crippen molar-refractivity contribution in [3.05, 3.63) is 71.7 Å². The predicted molar refractivity (Wildman–Crippen MR) is 95.3 cm³/mol. The summed E-state index contributed by atoms with van der Waals surface area (Å²) in [7, 11) is -2.52. The lowest BCUT2D eigenvalue weighted by Gasteiger charge is -2.19. The van der Waals surface area contributed by atoms with Crippen LogP contribution in [-0.2, 0) is 16.6 Å². The molecule has 1 amide bonds. The van der Waals surface area contributed by atoms with Gasteiger partial charge in [-0.2, -0.15) is 0 Å². The van der Waals surface area contributed by atoms with Crippen LogP contribution in [0.3, 0.4) is 0 Å². The Morgan fingerprint density at radius 3 is 2.69 bits per heavy atom. The highest BCUT2D eigenvalue weighted by Crippen LogP contribution is 2.20. The maximum absolute atomic E-state index is 14.1. The van der Waals surface area contributed by atoms with E-state index in [9.17, 15) is 17.6 Å². The SMILES string of the molecule is CN(Cc1cccc2ncccc12)C(=O)c1cc(S(N)(=O)=O)ccc1F. The minimum atomic E-state index is -4.03. The van der Waals surface area contributed by atoms with Crippen LogP contribution in [0.5, 0.6) is 0 Å². The Hall–Kier alpha value is -2.84. The lowest BCUT2D eigenvalue weighted by molar-refractivity contribution is 0.0780. The van der Waals surface area contributed by atoms with Crippen molar-refractivity contribution in [2.24, 2.45) is 5.14 Å². The third kappa shape index (κ3) is 3.56. The smallest absolute Gasteiger partial charge is 0.256 e. The van der Waals surface area contributed by atoms with Gasteiger partial charge in [0.2, 0.25) is 10.0 Å². The molecule has 1 aromatic heterocycles. The molecule has 0 aliphatic heterocycles. The normalized spacial score (nSPS) is 11.5. The monoisotopic (exact) mass is 373 g/mol. The number of fused-ring (bicyclic) bond motifs is 1. The van der Waals surface area contributed by atoms with Crippen LogP contribution in [-0.4, -0.2) is 31.3 Å². The predicted octanol–water partition coefficient (Wildman–Crippen LogP) is 2.29. The molecule has 2 N–H and O–H groups in total. The second-order valence-electron chi connectivity index (χ2n) is 5.84. The highest BCUT2D eigenvalue weighted by atomic mass is 32.2. The van der Waals surface area contributed by atoms with E-state index in [1.54, 1.807) is 12.3 Å². The lowest BCUT2D eigenvalue weighted by Crippen LogP contribution is -2.27. The molecule has 0 saturated heterocycles. The number of carbonyl (C=O) groups is 1. The maximum atomic E-state index is 14.1. The number of rotatable bonds is 4. The van der Waals surface area contributed by atoms with Gasteiger partial charge in [0.05, 0.1) is 16.0 Å². The summed E-state index contributed by atoms with van der Waals surface area (Å²) in [6.07, 6.45) is 1.68. The Bertz CT molecular complexity index is 1090. The number of hydrogen-bond acceptors (Lipinski definition) is 4. The molecule has 0 saturated carbocycles. The third-order valence-corrected chi connectivity index (χ3v) is 4.90. The van der Waals surface area contributed by atoms with E-state index in [1.165, 1.54) is 11.9 Å². The zero-order valence-electron chi connectivity index (χ0n) is 13.9. The van der Waals surface area contributed by atoms with Gasteiger partial charge in [-0.1, -0.05) is 18.2 Å². The summed E-state index contributed by atoms with van der Waals surface area (Å²) in [5, 5.41) is 5.94. The van der Waals surface area contributed by atoms with Gasteiger partial charge in [-0.3, -0.25) is 9.78 Å². The second-order valence-corrected chi connectivity index (χ2v) is 7.40. The van der Waals surface area contributed by atoms with E-state index < -0.39 is 21.7 Å². The van der Waals surface area contributed by atoms with Crippen LogP contribution >= 0.6 is 0 Å². The number of halogens is 1. The van der Waals surface area contributed by atoms with Crippen molar-refractivity contribution in [2.45, 2.75) is 11.4 Å². The minimum absolute atomic E-state index is 0.209. The van der Waals surface area contributed by atoms with Crippen molar-refractivity contribution in [1.29, 1.82) is 0 Å². The number of carbonyl (C=O) groups excluding carboxylic acids is 1. The molecule has 6 nitrogen and oxygen atoms in total. The van der Waals surface area contributed by atoms with Crippen molar-refractivity contribution in [1.82, 2.24) is 9.88 Å². The Balaban J connectivity index is 1.93. The number of hydrogen-bond donors (Lipinski definition) is 1. The first-order chi connectivity index (χ1) is 12.3. The summed E-state index contributed by atoms with van der Waals surface area (Å²) in [6.45, 7) is 0.209. The van der Waals surface area contributed by atoms with Crippen LogP contribution in [0, 0.1) is 5.82 Å². The lowest BCUT2D eigenvalue weighted by atomic mass is 10.1. The molecule has 0 fully saturated rings. The largest absolute Gasteiger partial charge is 0.337 e. The van der Waals surface area contributed by atoms with E-state index in [0.717, 1.165) is 34.7 Å². The number of nitrogens with two attached hydrogens (primary N) is 1.